The maximum absolute atomic E-state index is 5.87. The van der Waals surface area contributed by atoms with Gasteiger partial charge in [0.05, 0.1) is 0 Å². The van der Waals surface area contributed by atoms with Gasteiger partial charge in [0.2, 0.25) is 5.28 Å². The lowest BCUT2D eigenvalue weighted by molar-refractivity contribution is 0.443. The van der Waals surface area contributed by atoms with Gasteiger partial charge in [0.15, 0.2) is 0 Å². The minimum Gasteiger partial charge on any atom is -0.355 e. The lowest BCUT2D eigenvalue weighted by Crippen LogP contribution is -2.44. The number of aromatic nitrogens is 2. The number of aryl methyl sites for hydroxylation is 1. The Labute approximate surface area is 101 Å². The van der Waals surface area contributed by atoms with Crippen LogP contribution >= 0.6 is 11.6 Å². The number of nitrogens with zero attached hydrogens (tertiary/aromatic N) is 3. The summed E-state index contributed by atoms with van der Waals surface area (Å²) in [5.41, 5.74) is 0.908. The van der Waals surface area contributed by atoms with E-state index >= 15 is 0 Å². The number of anilines is 1. The lowest BCUT2D eigenvalue weighted by Gasteiger charge is -2.32. The van der Waals surface area contributed by atoms with Gasteiger partial charge in [0.25, 0.3) is 0 Å². The van der Waals surface area contributed by atoms with Crippen molar-refractivity contribution in [3.05, 3.63) is 17.0 Å². The van der Waals surface area contributed by atoms with E-state index in [1.165, 1.54) is 12.8 Å². The Morgan fingerprint density at radius 1 is 1.50 bits per heavy atom. The molecule has 1 fully saturated rings. The summed E-state index contributed by atoms with van der Waals surface area (Å²) in [4.78, 5) is 10.5. The summed E-state index contributed by atoms with van der Waals surface area (Å²) in [6, 6.07) is 2.47. The van der Waals surface area contributed by atoms with Gasteiger partial charge < -0.3 is 10.2 Å². The van der Waals surface area contributed by atoms with E-state index in [1.807, 2.05) is 13.0 Å². The highest BCUT2D eigenvalue weighted by Gasteiger charge is 2.19. The topological polar surface area (TPSA) is 41.0 Å². The first-order valence-electron chi connectivity index (χ1n) is 5.61. The molecular weight excluding hydrogens is 224 g/mol. The number of halogens is 1. The molecule has 1 aromatic heterocycles. The molecule has 16 heavy (non-hydrogen) atoms. The van der Waals surface area contributed by atoms with E-state index in [0.29, 0.717) is 11.3 Å². The molecule has 2 heterocycles. The van der Waals surface area contributed by atoms with Gasteiger partial charge in [0, 0.05) is 31.4 Å². The normalized spacial score (nSPS) is 20.8. The molecule has 0 radical (unpaired) electrons. The van der Waals surface area contributed by atoms with Crippen LogP contribution in [0.2, 0.25) is 5.28 Å². The van der Waals surface area contributed by atoms with Crippen molar-refractivity contribution < 1.29 is 0 Å². The first-order valence-corrected chi connectivity index (χ1v) is 5.99. The minimum atomic E-state index is 0.325. The molecule has 1 aliphatic rings. The second-order valence-corrected chi connectivity index (χ2v) is 4.59. The standard InChI is InChI=1S/C11H17ClN4/c1-8-6-10(15-11(12)14-8)16(2)9-4-3-5-13-7-9/h6,9,13H,3-5,7H2,1-2H3/t9-/m1/s1. The molecule has 2 rings (SSSR count). The molecule has 0 aliphatic carbocycles. The molecule has 4 nitrogen and oxygen atoms in total. The van der Waals surface area contributed by atoms with Crippen molar-refractivity contribution in [1.29, 1.82) is 0 Å². The first kappa shape index (κ1) is 11.6. The molecule has 5 heteroatoms. The summed E-state index contributed by atoms with van der Waals surface area (Å²) in [5, 5.41) is 3.72. The monoisotopic (exact) mass is 240 g/mol. The molecule has 1 atom stereocenters. The first-order chi connectivity index (χ1) is 7.66. The third-order valence-electron chi connectivity index (χ3n) is 2.99. The van der Waals surface area contributed by atoms with E-state index < -0.39 is 0 Å². The van der Waals surface area contributed by atoms with Crippen LogP contribution in [-0.2, 0) is 0 Å². The Bertz CT molecular complexity index is 343. The fraction of sp³-hybridized carbons (Fsp3) is 0.636. The summed E-state index contributed by atoms with van der Waals surface area (Å²) in [6.07, 6.45) is 2.41. The minimum absolute atomic E-state index is 0.325. The molecular formula is C11H17ClN4. The molecule has 0 unspecified atom stereocenters. The predicted octanol–water partition coefficient (Wildman–Crippen LogP) is 1.63. The van der Waals surface area contributed by atoms with Crippen molar-refractivity contribution in [2.75, 3.05) is 25.0 Å². The van der Waals surface area contributed by atoms with Crippen molar-refractivity contribution in [2.45, 2.75) is 25.8 Å². The number of hydrogen-bond donors (Lipinski definition) is 1. The van der Waals surface area contributed by atoms with E-state index in [1.54, 1.807) is 0 Å². The summed E-state index contributed by atoms with van der Waals surface area (Å²) >= 11 is 5.87. The highest BCUT2D eigenvalue weighted by molar-refractivity contribution is 6.28. The van der Waals surface area contributed by atoms with Crippen LogP contribution < -0.4 is 10.2 Å². The average Bonchev–Trinajstić information content (AvgIpc) is 2.28. The van der Waals surface area contributed by atoms with Crippen LogP contribution in [0.4, 0.5) is 5.82 Å². The molecule has 0 bridgehead atoms. The van der Waals surface area contributed by atoms with Gasteiger partial charge in [-0.05, 0) is 37.9 Å². The van der Waals surface area contributed by atoms with Crippen LogP contribution in [0.3, 0.4) is 0 Å². The van der Waals surface area contributed by atoms with Crippen LogP contribution in [-0.4, -0.2) is 36.1 Å². The Hall–Kier alpha value is -0.870. The van der Waals surface area contributed by atoms with E-state index in [2.05, 4.69) is 27.2 Å². The van der Waals surface area contributed by atoms with Crippen molar-refractivity contribution in [3.63, 3.8) is 0 Å². The fourth-order valence-electron chi connectivity index (χ4n) is 2.05. The Morgan fingerprint density at radius 3 is 2.94 bits per heavy atom. The number of nitrogens with one attached hydrogen (secondary N) is 1. The van der Waals surface area contributed by atoms with Crippen LogP contribution in [0.1, 0.15) is 18.5 Å². The zero-order chi connectivity index (χ0) is 11.5. The summed E-state index contributed by atoms with van der Waals surface area (Å²) < 4.78 is 0. The molecule has 0 spiro atoms. The molecule has 0 saturated carbocycles. The van der Waals surface area contributed by atoms with E-state index in [0.717, 1.165) is 24.6 Å². The molecule has 0 amide bonds. The highest BCUT2D eigenvalue weighted by Crippen LogP contribution is 2.18. The van der Waals surface area contributed by atoms with Crippen molar-refractivity contribution in [1.82, 2.24) is 15.3 Å². The van der Waals surface area contributed by atoms with Crippen LogP contribution in [0.25, 0.3) is 0 Å². The SMILES string of the molecule is Cc1cc(N(C)[C@@H]2CCCNC2)nc(Cl)n1. The molecule has 1 saturated heterocycles. The number of likely N-dealkylation sites (N-methyl/N-ethyl adjacent to an activating group) is 1. The highest BCUT2D eigenvalue weighted by atomic mass is 35.5. The maximum atomic E-state index is 5.87. The van der Waals surface area contributed by atoms with Gasteiger partial charge in [-0.2, -0.15) is 0 Å². The summed E-state index contributed by atoms with van der Waals surface area (Å²) in [7, 11) is 2.07. The Kier molecular flexibility index (Phi) is 3.61. The van der Waals surface area contributed by atoms with Crippen molar-refractivity contribution >= 4 is 17.4 Å². The third kappa shape index (κ3) is 2.62. The average molecular weight is 241 g/mol. The largest absolute Gasteiger partial charge is 0.355 e. The molecule has 88 valence electrons. The lowest BCUT2D eigenvalue weighted by atomic mass is 10.1. The Balaban J connectivity index is 2.15. The molecule has 1 aromatic rings. The maximum Gasteiger partial charge on any atom is 0.224 e. The molecule has 1 N–H and O–H groups in total. The van der Waals surface area contributed by atoms with Crippen molar-refractivity contribution in [2.24, 2.45) is 0 Å². The second-order valence-electron chi connectivity index (χ2n) is 4.25. The summed E-state index contributed by atoms with van der Waals surface area (Å²) in [5.74, 6) is 0.909. The van der Waals surface area contributed by atoms with Gasteiger partial charge in [-0.15, -0.1) is 0 Å². The molecule has 1 aliphatic heterocycles. The van der Waals surface area contributed by atoms with Gasteiger partial charge in [-0.25, -0.2) is 9.97 Å². The Morgan fingerprint density at radius 2 is 2.31 bits per heavy atom. The van der Waals surface area contributed by atoms with E-state index in [4.69, 9.17) is 11.6 Å². The van der Waals surface area contributed by atoms with E-state index in [-0.39, 0.29) is 0 Å². The number of rotatable bonds is 2. The zero-order valence-electron chi connectivity index (χ0n) is 9.70. The van der Waals surface area contributed by atoms with Gasteiger partial charge in [-0.3, -0.25) is 0 Å². The van der Waals surface area contributed by atoms with Gasteiger partial charge >= 0.3 is 0 Å². The number of hydrogen-bond acceptors (Lipinski definition) is 4. The zero-order valence-corrected chi connectivity index (χ0v) is 10.5. The van der Waals surface area contributed by atoms with Crippen molar-refractivity contribution in [3.8, 4) is 0 Å². The third-order valence-corrected chi connectivity index (χ3v) is 3.16. The van der Waals surface area contributed by atoms with Crippen LogP contribution in [0, 0.1) is 6.92 Å². The summed E-state index contributed by atoms with van der Waals surface area (Å²) in [6.45, 7) is 4.06. The smallest absolute Gasteiger partial charge is 0.224 e. The van der Waals surface area contributed by atoms with Gasteiger partial charge in [-0.1, -0.05) is 0 Å². The number of piperidine rings is 1. The second kappa shape index (κ2) is 4.97. The molecule has 0 aromatic carbocycles. The fourth-order valence-corrected chi connectivity index (χ4v) is 2.27. The van der Waals surface area contributed by atoms with Crippen LogP contribution in [0.5, 0.6) is 0 Å². The van der Waals surface area contributed by atoms with Crippen LogP contribution in [0.15, 0.2) is 6.07 Å². The van der Waals surface area contributed by atoms with Gasteiger partial charge in [0.1, 0.15) is 5.82 Å². The van der Waals surface area contributed by atoms with E-state index in [9.17, 15) is 0 Å². The predicted molar refractivity (Wildman–Crippen MR) is 66.1 cm³/mol. The quantitative estimate of drug-likeness (QED) is 0.798.